The number of halogens is 1. The summed E-state index contributed by atoms with van der Waals surface area (Å²) in [6, 6.07) is 6.66. The van der Waals surface area contributed by atoms with Crippen molar-refractivity contribution >= 4 is 17.5 Å². The minimum Gasteiger partial charge on any atom is -0.392 e. The predicted molar refractivity (Wildman–Crippen MR) is 55.5 cm³/mol. The normalized spacial score (nSPS) is 12.2. The molecule has 0 radical (unpaired) electrons. The lowest BCUT2D eigenvalue weighted by atomic mass is 10.2. The van der Waals surface area contributed by atoms with Gasteiger partial charge in [-0.15, -0.1) is 0 Å². The van der Waals surface area contributed by atoms with Crippen molar-refractivity contribution in [3.8, 4) is 0 Å². The summed E-state index contributed by atoms with van der Waals surface area (Å²) >= 11 is 5.72. The van der Waals surface area contributed by atoms with Crippen LogP contribution in [0.25, 0.3) is 0 Å². The fourth-order valence-electron chi connectivity index (χ4n) is 0.972. The van der Waals surface area contributed by atoms with E-state index in [1.54, 1.807) is 31.2 Å². The van der Waals surface area contributed by atoms with Crippen LogP contribution in [-0.4, -0.2) is 23.7 Å². The van der Waals surface area contributed by atoms with Crippen LogP contribution in [0.5, 0.6) is 0 Å². The molecule has 76 valence electrons. The van der Waals surface area contributed by atoms with Crippen molar-refractivity contribution in [2.75, 3.05) is 6.54 Å². The molecule has 1 rings (SSSR count). The van der Waals surface area contributed by atoms with Gasteiger partial charge in [-0.1, -0.05) is 17.7 Å². The highest BCUT2D eigenvalue weighted by Crippen LogP contribution is 2.10. The Labute approximate surface area is 87.7 Å². The van der Waals surface area contributed by atoms with Gasteiger partial charge in [0.15, 0.2) is 0 Å². The zero-order valence-corrected chi connectivity index (χ0v) is 8.58. The largest absolute Gasteiger partial charge is 0.392 e. The lowest BCUT2D eigenvalue weighted by Crippen LogP contribution is -2.30. The third-order valence-electron chi connectivity index (χ3n) is 1.64. The summed E-state index contributed by atoms with van der Waals surface area (Å²) in [4.78, 5) is 11.4. The smallest absolute Gasteiger partial charge is 0.251 e. The summed E-state index contributed by atoms with van der Waals surface area (Å²) in [7, 11) is 0. The van der Waals surface area contributed by atoms with Crippen LogP contribution >= 0.6 is 11.6 Å². The number of benzene rings is 1. The number of hydrogen-bond acceptors (Lipinski definition) is 2. The topological polar surface area (TPSA) is 49.3 Å². The molecule has 0 aliphatic rings. The molecule has 0 aliphatic carbocycles. The molecule has 0 saturated carbocycles. The maximum atomic E-state index is 11.4. The van der Waals surface area contributed by atoms with E-state index >= 15 is 0 Å². The molecule has 3 nitrogen and oxygen atoms in total. The van der Waals surface area contributed by atoms with Crippen LogP contribution in [0.4, 0.5) is 0 Å². The summed E-state index contributed by atoms with van der Waals surface area (Å²) in [5, 5.41) is 12.1. The van der Waals surface area contributed by atoms with Gasteiger partial charge >= 0.3 is 0 Å². The van der Waals surface area contributed by atoms with E-state index < -0.39 is 6.10 Å². The van der Waals surface area contributed by atoms with Crippen molar-refractivity contribution in [2.24, 2.45) is 0 Å². The first-order chi connectivity index (χ1) is 6.59. The summed E-state index contributed by atoms with van der Waals surface area (Å²) in [6.45, 7) is 1.85. The van der Waals surface area contributed by atoms with Gasteiger partial charge < -0.3 is 10.4 Å². The molecule has 0 aromatic heterocycles. The number of aliphatic hydroxyl groups excluding tert-OH is 1. The number of rotatable bonds is 3. The van der Waals surface area contributed by atoms with Crippen LogP contribution in [0.3, 0.4) is 0 Å². The average molecular weight is 214 g/mol. The quantitative estimate of drug-likeness (QED) is 0.799. The highest BCUT2D eigenvalue weighted by Gasteiger charge is 2.05. The van der Waals surface area contributed by atoms with Crippen LogP contribution in [0.2, 0.25) is 5.02 Å². The van der Waals surface area contributed by atoms with Crippen molar-refractivity contribution in [2.45, 2.75) is 13.0 Å². The van der Waals surface area contributed by atoms with Gasteiger partial charge in [0.1, 0.15) is 0 Å². The van der Waals surface area contributed by atoms with Crippen molar-refractivity contribution < 1.29 is 9.90 Å². The number of carbonyl (C=O) groups is 1. The average Bonchev–Trinajstić information content (AvgIpc) is 2.14. The Hall–Kier alpha value is -1.06. The van der Waals surface area contributed by atoms with Gasteiger partial charge in [0.25, 0.3) is 5.91 Å². The van der Waals surface area contributed by atoms with Gasteiger partial charge in [-0.25, -0.2) is 0 Å². The number of nitrogens with one attached hydrogen (secondary N) is 1. The van der Waals surface area contributed by atoms with E-state index in [9.17, 15) is 4.79 Å². The van der Waals surface area contributed by atoms with Crippen LogP contribution < -0.4 is 5.32 Å². The summed E-state index contributed by atoms with van der Waals surface area (Å²) in [5.41, 5.74) is 0.498. The second-order valence-corrected chi connectivity index (χ2v) is 3.51. The number of amides is 1. The van der Waals surface area contributed by atoms with Crippen LogP contribution in [0.1, 0.15) is 17.3 Å². The number of hydrogen-bond donors (Lipinski definition) is 2. The molecule has 2 N–H and O–H groups in total. The minimum atomic E-state index is -0.543. The van der Waals surface area contributed by atoms with Crippen LogP contribution in [0.15, 0.2) is 24.3 Å². The summed E-state index contributed by atoms with van der Waals surface area (Å²) in [6.07, 6.45) is -0.543. The van der Waals surface area contributed by atoms with E-state index in [-0.39, 0.29) is 12.5 Å². The second-order valence-electron chi connectivity index (χ2n) is 3.07. The highest BCUT2D eigenvalue weighted by atomic mass is 35.5. The molecule has 14 heavy (non-hydrogen) atoms. The van der Waals surface area contributed by atoms with E-state index in [1.807, 2.05) is 0 Å². The van der Waals surface area contributed by atoms with Crippen molar-refractivity contribution in [3.63, 3.8) is 0 Å². The molecule has 1 unspecified atom stereocenters. The Morgan fingerprint density at radius 3 is 2.93 bits per heavy atom. The van der Waals surface area contributed by atoms with Crippen molar-refractivity contribution in [1.29, 1.82) is 0 Å². The molecule has 0 heterocycles. The standard InChI is InChI=1S/C10H12ClNO2/c1-7(13)6-12-10(14)8-3-2-4-9(11)5-8/h2-5,7,13H,6H2,1H3,(H,12,14). The van der Waals surface area contributed by atoms with E-state index in [4.69, 9.17) is 16.7 Å². The van der Waals surface area contributed by atoms with Gasteiger partial charge in [0.05, 0.1) is 6.10 Å². The SMILES string of the molecule is CC(O)CNC(=O)c1cccc(Cl)c1. The molecule has 0 aliphatic heterocycles. The fourth-order valence-corrected chi connectivity index (χ4v) is 1.16. The third kappa shape index (κ3) is 3.36. The molecule has 1 aromatic carbocycles. The Kier molecular flexibility index (Phi) is 3.92. The molecule has 4 heteroatoms. The molecule has 0 spiro atoms. The minimum absolute atomic E-state index is 0.228. The van der Waals surface area contributed by atoms with Gasteiger partial charge in [-0.3, -0.25) is 4.79 Å². The number of aliphatic hydroxyl groups is 1. The van der Waals surface area contributed by atoms with Gasteiger partial charge in [-0.05, 0) is 25.1 Å². The summed E-state index contributed by atoms with van der Waals surface area (Å²) < 4.78 is 0. The molecule has 1 aromatic rings. The maximum Gasteiger partial charge on any atom is 0.251 e. The molecule has 1 atom stereocenters. The zero-order valence-electron chi connectivity index (χ0n) is 7.83. The molecular formula is C10H12ClNO2. The monoisotopic (exact) mass is 213 g/mol. The lowest BCUT2D eigenvalue weighted by molar-refractivity contribution is 0.0924. The fraction of sp³-hybridized carbons (Fsp3) is 0.300. The summed E-state index contributed by atoms with van der Waals surface area (Å²) in [5.74, 6) is -0.228. The Morgan fingerprint density at radius 1 is 1.64 bits per heavy atom. The van der Waals surface area contributed by atoms with Crippen molar-refractivity contribution in [1.82, 2.24) is 5.32 Å². The van der Waals surface area contributed by atoms with Crippen LogP contribution in [0, 0.1) is 0 Å². The lowest BCUT2D eigenvalue weighted by Gasteiger charge is -2.06. The van der Waals surface area contributed by atoms with E-state index in [0.717, 1.165) is 0 Å². The molecule has 0 fully saturated rings. The van der Waals surface area contributed by atoms with Gasteiger partial charge in [-0.2, -0.15) is 0 Å². The Bertz CT molecular complexity index is 326. The van der Waals surface area contributed by atoms with Crippen LogP contribution in [-0.2, 0) is 0 Å². The first kappa shape index (κ1) is 11.0. The number of carbonyl (C=O) groups excluding carboxylic acids is 1. The first-order valence-corrected chi connectivity index (χ1v) is 4.69. The molecular weight excluding hydrogens is 202 g/mol. The maximum absolute atomic E-state index is 11.4. The molecule has 1 amide bonds. The second kappa shape index (κ2) is 4.98. The van der Waals surface area contributed by atoms with Gasteiger partial charge in [0.2, 0.25) is 0 Å². The highest BCUT2D eigenvalue weighted by molar-refractivity contribution is 6.30. The third-order valence-corrected chi connectivity index (χ3v) is 1.88. The predicted octanol–water partition coefficient (Wildman–Crippen LogP) is 1.45. The van der Waals surface area contributed by atoms with E-state index in [0.29, 0.717) is 10.6 Å². The first-order valence-electron chi connectivity index (χ1n) is 4.31. The van der Waals surface area contributed by atoms with Gasteiger partial charge in [0, 0.05) is 17.1 Å². The molecule has 0 bridgehead atoms. The molecule has 0 saturated heterocycles. The van der Waals surface area contributed by atoms with E-state index in [2.05, 4.69) is 5.32 Å². The van der Waals surface area contributed by atoms with E-state index in [1.165, 1.54) is 0 Å². The Morgan fingerprint density at radius 2 is 2.36 bits per heavy atom. The Balaban J connectivity index is 2.61. The zero-order chi connectivity index (χ0) is 10.6. The van der Waals surface area contributed by atoms with Crippen molar-refractivity contribution in [3.05, 3.63) is 34.9 Å².